The number of nitrogens with one attached hydrogen (secondary N) is 1. The molecule has 1 aliphatic rings. The van der Waals surface area contributed by atoms with Gasteiger partial charge in [-0.25, -0.2) is 9.18 Å². The fraction of sp³-hybridized carbons (Fsp3) is 0.500. The number of anilines is 1. The molecule has 5 nitrogen and oxygen atoms in total. The largest absolute Gasteiger partial charge is 0.491 e. The van der Waals surface area contributed by atoms with Crippen LogP contribution in [0.2, 0.25) is 0 Å². The molecular formula is C16H18Br2FNO4. The molecule has 0 spiro atoms. The molecule has 0 aromatic heterocycles. The van der Waals surface area contributed by atoms with Gasteiger partial charge in [-0.3, -0.25) is 4.79 Å². The van der Waals surface area contributed by atoms with Gasteiger partial charge in [-0.2, -0.15) is 0 Å². The van der Waals surface area contributed by atoms with Crippen molar-refractivity contribution < 1.29 is 23.5 Å². The van der Waals surface area contributed by atoms with E-state index in [-0.39, 0.29) is 44.7 Å². The lowest BCUT2D eigenvalue weighted by Gasteiger charge is -2.29. The summed E-state index contributed by atoms with van der Waals surface area (Å²) in [5.74, 6) is -1.55. The van der Waals surface area contributed by atoms with Crippen molar-refractivity contribution in [2.75, 3.05) is 19.0 Å². The molecule has 0 fully saturated rings. The van der Waals surface area contributed by atoms with Gasteiger partial charge in [0.1, 0.15) is 23.7 Å². The first-order valence-corrected chi connectivity index (χ1v) is 9.08. The second-order valence-electron chi connectivity index (χ2n) is 6.45. The molecule has 2 unspecified atom stereocenters. The Morgan fingerprint density at radius 3 is 2.54 bits per heavy atom. The lowest BCUT2D eigenvalue weighted by Crippen LogP contribution is -2.30. The highest BCUT2D eigenvalue weighted by atomic mass is 79.9. The Kier molecular flexibility index (Phi) is 5.59. The SMILES string of the molecule is COC(=O)c1c(NC(=O)C(C)(C)C)cc(F)c2c1OCC(Br)C2Br. The summed E-state index contributed by atoms with van der Waals surface area (Å²) in [6.45, 7) is 5.39. The van der Waals surface area contributed by atoms with Crippen LogP contribution in [-0.4, -0.2) is 30.4 Å². The van der Waals surface area contributed by atoms with Crippen LogP contribution in [0, 0.1) is 11.2 Å². The third-order valence-electron chi connectivity index (χ3n) is 3.57. The number of alkyl halides is 2. The topological polar surface area (TPSA) is 64.6 Å². The van der Waals surface area contributed by atoms with Crippen LogP contribution in [0.4, 0.5) is 10.1 Å². The maximum atomic E-state index is 14.6. The second-order valence-corrected chi connectivity index (χ2v) is 8.61. The monoisotopic (exact) mass is 465 g/mol. The van der Waals surface area contributed by atoms with Crippen LogP contribution in [0.25, 0.3) is 0 Å². The summed E-state index contributed by atoms with van der Waals surface area (Å²) in [5, 5.41) is 2.60. The molecule has 24 heavy (non-hydrogen) atoms. The van der Waals surface area contributed by atoms with E-state index in [1.165, 1.54) is 7.11 Å². The Balaban J connectivity index is 2.62. The van der Waals surface area contributed by atoms with E-state index in [1.807, 2.05) is 0 Å². The summed E-state index contributed by atoms with van der Waals surface area (Å²) < 4.78 is 25.0. The standard InChI is InChI=1S/C16H18Br2FNO4/c1-16(2,3)15(22)20-9-5-8(19)10-12(18)7(17)6-24-13(10)11(9)14(21)23-4/h5,7,12H,6H2,1-4H3,(H,20,22). The molecule has 0 aliphatic carbocycles. The summed E-state index contributed by atoms with van der Waals surface area (Å²) in [7, 11) is 1.22. The second kappa shape index (κ2) is 7.00. The number of hydrogen-bond donors (Lipinski definition) is 1. The van der Waals surface area contributed by atoms with Gasteiger partial charge in [0.25, 0.3) is 0 Å². The third kappa shape index (κ3) is 3.59. The van der Waals surface area contributed by atoms with Gasteiger partial charge in [0, 0.05) is 11.0 Å². The smallest absolute Gasteiger partial charge is 0.343 e. The number of benzene rings is 1. The van der Waals surface area contributed by atoms with Gasteiger partial charge in [0.05, 0.1) is 22.5 Å². The number of fused-ring (bicyclic) bond motifs is 1. The number of carbonyl (C=O) groups excluding carboxylic acids is 2. The quantitative estimate of drug-likeness (QED) is 0.524. The van der Waals surface area contributed by atoms with E-state index < -0.39 is 17.2 Å². The van der Waals surface area contributed by atoms with E-state index >= 15 is 0 Å². The zero-order valence-electron chi connectivity index (χ0n) is 13.7. The first-order valence-electron chi connectivity index (χ1n) is 7.25. The highest BCUT2D eigenvalue weighted by molar-refractivity contribution is 9.12. The van der Waals surface area contributed by atoms with Crippen LogP contribution in [0.1, 0.15) is 41.5 Å². The minimum absolute atomic E-state index is 0.00958. The number of halogens is 3. The maximum absolute atomic E-state index is 14.6. The first kappa shape index (κ1) is 19.2. The highest BCUT2D eigenvalue weighted by Crippen LogP contribution is 2.46. The Morgan fingerprint density at radius 1 is 1.38 bits per heavy atom. The molecule has 1 aromatic carbocycles. The highest BCUT2D eigenvalue weighted by Gasteiger charge is 2.36. The number of methoxy groups -OCH3 is 1. The molecule has 132 valence electrons. The number of amides is 1. The van der Waals surface area contributed by atoms with Crippen molar-refractivity contribution >= 4 is 49.4 Å². The summed E-state index contributed by atoms with van der Waals surface area (Å²) >= 11 is 6.81. The van der Waals surface area contributed by atoms with E-state index in [0.29, 0.717) is 0 Å². The van der Waals surface area contributed by atoms with E-state index in [2.05, 4.69) is 37.2 Å². The minimum atomic E-state index is -0.709. The van der Waals surface area contributed by atoms with E-state index in [4.69, 9.17) is 9.47 Å². The molecule has 2 rings (SSSR count). The van der Waals surface area contributed by atoms with Crippen molar-refractivity contribution in [2.45, 2.75) is 30.4 Å². The molecule has 1 N–H and O–H groups in total. The van der Waals surface area contributed by atoms with Crippen LogP contribution in [0.5, 0.6) is 5.75 Å². The van der Waals surface area contributed by atoms with Crippen molar-refractivity contribution in [3.63, 3.8) is 0 Å². The van der Waals surface area contributed by atoms with Crippen molar-refractivity contribution in [3.05, 3.63) is 23.0 Å². The molecular weight excluding hydrogens is 449 g/mol. The number of hydrogen-bond acceptors (Lipinski definition) is 4. The lowest BCUT2D eigenvalue weighted by molar-refractivity contribution is -0.123. The summed E-state index contributed by atoms with van der Waals surface area (Å²) in [6, 6.07) is 1.12. The Hall–Kier alpha value is -1.15. The van der Waals surface area contributed by atoms with E-state index in [0.717, 1.165) is 6.07 Å². The normalized spacial score (nSPS) is 20.0. The molecule has 0 radical (unpaired) electrons. The van der Waals surface area contributed by atoms with Crippen LogP contribution in [0.3, 0.4) is 0 Å². The number of ether oxygens (including phenoxy) is 2. The van der Waals surface area contributed by atoms with Gasteiger partial charge in [-0.05, 0) is 6.07 Å². The van der Waals surface area contributed by atoms with Crippen molar-refractivity contribution in [3.8, 4) is 5.75 Å². The predicted molar refractivity (Wildman–Crippen MR) is 95.7 cm³/mol. The zero-order chi connectivity index (χ0) is 18.2. The van der Waals surface area contributed by atoms with Crippen molar-refractivity contribution in [1.82, 2.24) is 0 Å². The first-order chi connectivity index (χ1) is 11.1. The summed E-state index contributed by atoms with van der Waals surface area (Å²) in [4.78, 5) is 24.0. The molecule has 0 saturated carbocycles. The fourth-order valence-corrected chi connectivity index (χ4v) is 3.17. The summed E-state index contributed by atoms with van der Waals surface area (Å²) in [6.07, 6.45) is 0. The van der Waals surface area contributed by atoms with Crippen molar-refractivity contribution in [2.24, 2.45) is 5.41 Å². The molecule has 1 heterocycles. The summed E-state index contributed by atoms with van der Waals surface area (Å²) in [5.41, 5.74) is -0.446. The molecule has 0 saturated heterocycles. The maximum Gasteiger partial charge on any atom is 0.343 e. The van der Waals surface area contributed by atoms with E-state index in [9.17, 15) is 14.0 Å². The van der Waals surface area contributed by atoms with Crippen LogP contribution in [-0.2, 0) is 9.53 Å². The number of rotatable bonds is 2. The average molecular weight is 467 g/mol. The minimum Gasteiger partial charge on any atom is -0.491 e. The third-order valence-corrected chi connectivity index (χ3v) is 6.17. The van der Waals surface area contributed by atoms with Gasteiger partial charge in [-0.15, -0.1) is 0 Å². The van der Waals surface area contributed by atoms with E-state index in [1.54, 1.807) is 20.8 Å². The molecule has 1 aliphatic heterocycles. The number of esters is 1. The zero-order valence-corrected chi connectivity index (χ0v) is 16.9. The predicted octanol–water partition coefficient (Wildman–Crippen LogP) is 4.19. The Labute approximate surface area is 156 Å². The molecule has 1 aromatic rings. The number of carbonyl (C=O) groups is 2. The van der Waals surface area contributed by atoms with Gasteiger partial charge >= 0.3 is 5.97 Å². The lowest BCUT2D eigenvalue weighted by atomic mass is 9.94. The Bertz CT molecular complexity index is 688. The molecule has 8 heteroatoms. The van der Waals surface area contributed by atoms with Gasteiger partial charge in [-0.1, -0.05) is 52.6 Å². The average Bonchev–Trinajstić information content (AvgIpc) is 2.49. The molecule has 1 amide bonds. The van der Waals surface area contributed by atoms with Crippen LogP contribution < -0.4 is 10.1 Å². The van der Waals surface area contributed by atoms with Gasteiger partial charge in [0.15, 0.2) is 0 Å². The van der Waals surface area contributed by atoms with Gasteiger partial charge < -0.3 is 14.8 Å². The van der Waals surface area contributed by atoms with Crippen molar-refractivity contribution in [1.29, 1.82) is 0 Å². The van der Waals surface area contributed by atoms with Crippen LogP contribution >= 0.6 is 31.9 Å². The fourth-order valence-electron chi connectivity index (χ4n) is 2.19. The van der Waals surface area contributed by atoms with Crippen LogP contribution in [0.15, 0.2) is 6.07 Å². The Morgan fingerprint density at radius 2 is 2.00 bits per heavy atom. The molecule has 2 atom stereocenters. The molecule has 0 bridgehead atoms. The van der Waals surface area contributed by atoms with Gasteiger partial charge in [0.2, 0.25) is 5.91 Å².